The molecule has 2 heterocycles. The van der Waals surface area contributed by atoms with Crippen molar-refractivity contribution in [1.29, 1.82) is 0 Å². The van der Waals surface area contributed by atoms with Crippen LogP contribution in [0.1, 0.15) is 17.0 Å². The number of nitrogen functional groups attached to an aromatic ring is 1. The third-order valence-corrected chi connectivity index (χ3v) is 2.41. The molecule has 0 saturated carbocycles. The Labute approximate surface area is 88.8 Å². The average Bonchev–Trinajstić information content (AvgIpc) is 2.49. The number of aromatic nitrogens is 3. The Kier molecular flexibility index (Phi) is 2.41. The minimum Gasteiger partial charge on any atom is -0.398 e. The highest BCUT2D eigenvalue weighted by molar-refractivity contribution is 5.46. The Morgan fingerprint density at radius 2 is 2.27 bits per heavy atom. The van der Waals surface area contributed by atoms with Gasteiger partial charge in [-0.25, -0.2) is 0 Å². The largest absolute Gasteiger partial charge is 0.398 e. The number of rotatable bonds is 2. The lowest BCUT2D eigenvalue weighted by atomic mass is 10.1. The summed E-state index contributed by atoms with van der Waals surface area (Å²) in [5.41, 5.74) is 9.85. The number of nitrogens with zero attached hydrogens (tertiary/aromatic N) is 3. The quantitative estimate of drug-likeness (QED) is 0.798. The molecule has 0 amide bonds. The van der Waals surface area contributed by atoms with Crippen molar-refractivity contribution in [2.24, 2.45) is 7.05 Å². The lowest BCUT2D eigenvalue weighted by Crippen LogP contribution is -2.02. The summed E-state index contributed by atoms with van der Waals surface area (Å²) in [6.45, 7) is 1.98. The van der Waals surface area contributed by atoms with Crippen LogP contribution in [0.2, 0.25) is 0 Å². The Morgan fingerprint density at radius 3 is 2.87 bits per heavy atom. The maximum Gasteiger partial charge on any atom is 0.0596 e. The fourth-order valence-corrected chi connectivity index (χ4v) is 1.61. The summed E-state index contributed by atoms with van der Waals surface area (Å²) in [4.78, 5) is 4.07. The van der Waals surface area contributed by atoms with Gasteiger partial charge < -0.3 is 5.73 Å². The summed E-state index contributed by atoms with van der Waals surface area (Å²) in [7, 11) is 1.94. The maximum absolute atomic E-state index is 5.86. The molecule has 0 bridgehead atoms. The molecule has 4 heteroatoms. The molecule has 4 nitrogen and oxygen atoms in total. The van der Waals surface area contributed by atoms with E-state index in [-0.39, 0.29) is 0 Å². The molecular formula is C11H14N4. The minimum atomic E-state index is 0.775. The molecule has 0 aliphatic carbocycles. The average molecular weight is 202 g/mol. The van der Waals surface area contributed by atoms with Crippen LogP contribution in [0.15, 0.2) is 24.5 Å². The molecule has 0 atom stereocenters. The van der Waals surface area contributed by atoms with E-state index < -0.39 is 0 Å². The molecule has 2 N–H and O–H groups in total. The van der Waals surface area contributed by atoms with Gasteiger partial charge in [0.1, 0.15) is 0 Å². The first-order valence-corrected chi connectivity index (χ1v) is 4.84. The van der Waals surface area contributed by atoms with Crippen LogP contribution in [0.5, 0.6) is 0 Å². The second-order valence-corrected chi connectivity index (χ2v) is 3.65. The minimum absolute atomic E-state index is 0.775. The fraction of sp³-hybridized carbons (Fsp3) is 0.273. The fourth-order valence-electron chi connectivity index (χ4n) is 1.61. The van der Waals surface area contributed by atoms with Gasteiger partial charge in [-0.2, -0.15) is 5.10 Å². The molecule has 0 aliphatic heterocycles. The normalized spacial score (nSPS) is 10.5. The summed E-state index contributed by atoms with van der Waals surface area (Å²) in [6, 6.07) is 3.88. The summed E-state index contributed by atoms with van der Waals surface area (Å²) in [6.07, 6.45) is 4.28. The number of nitrogens with two attached hydrogens (primary N) is 1. The third kappa shape index (κ3) is 1.98. The zero-order valence-electron chi connectivity index (χ0n) is 8.94. The van der Waals surface area contributed by atoms with Crippen molar-refractivity contribution in [2.45, 2.75) is 13.3 Å². The summed E-state index contributed by atoms with van der Waals surface area (Å²) >= 11 is 0. The van der Waals surface area contributed by atoms with Gasteiger partial charge in [0.25, 0.3) is 0 Å². The van der Waals surface area contributed by atoms with Gasteiger partial charge in [-0.1, -0.05) is 0 Å². The van der Waals surface area contributed by atoms with Gasteiger partial charge in [-0.05, 0) is 24.6 Å². The number of pyridine rings is 1. The molecule has 0 saturated heterocycles. The third-order valence-electron chi connectivity index (χ3n) is 2.41. The Balaban J connectivity index is 2.29. The predicted molar refractivity (Wildman–Crippen MR) is 59.4 cm³/mol. The van der Waals surface area contributed by atoms with Crippen LogP contribution in [0.4, 0.5) is 5.69 Å². The van der Waals surface area contributed by atoms with Crippen LogP contribution in [0.25, 0.3) is 0 Å². The maximum atomic E-state index is 5.86. The second kappa shape index (κ2) is 3.73. The highest BCUT2D eigenvalue weighted by Crippen LogP contribution is 2.14. The van der Waals surface area contributed by atoms with E-state index >= 15 is 0 Å². The number of hydrogen-bond acceptors (Lipinski definition) is 3. The highest BCUT2D eigenvalue weighted by atomic mass is 15.3. The standard InChI is InChI=1S/C11H14N4/c1-8-5-10(15(2)14-8)6-9-7-13-4-3-11(9)12/h3-5,7H,6H2,1-2H3,(H2,12,13). The van der Waals surface area contributed by atoms with E-state index in [1.165, 1.54) is 0 Å². The van der Waals surface area contributed by atoms with E-state index in [0.29, 0.717) is 0 Å². The van der Waals surface area contributed by atoms with Gasteiger partial charge in [0.15, 0.2) is 0 Å². The van der Waals surface area contributed by atoms with E-state index in [1.807, 2.05) is 24.7 Å². The zero-order chi connectivity index (χ0) is 10.8. The van der Waals surface area contributed by atoms with Gasteiger partial charge in [0, 0.05) is 37.2 Å². The number of aryl methyl sites for hydroxylation is 2. The van der Waals surface area contributed by atoms with Crippen molar-refractivity contribution < 1.29 is 0 Å². The molecule has 0 aromatic carbocycles. The smallest absolute Gasteiger partial charge is 0.0596 e. The van der Waals surface area contributed by atoms with E-state index in [9.17, 15) is 0 Å². The van der Waals surface area contributed by atoms with Crippen molar-refractivity contribution >= 4 is 5.69 Å². The number of hydrogen-bond donors (Lipinski definition) is 1. The molecule has 0 unspecified atom stereocenters. The molecule has 2 rings (SSSR count). The summed E-state index contributed by atoms with van der Waals surface area (Å²) in [5.74, 6) is 0. The van der Waals surface area contributed by atoms with Crippen LogP contribution in [0, 0.1) is 6.92 Å². The first-order chi connectivity index (χ1) is 7.16. The summed E-state index contributed by atoms with van der Waals surface area (Å²) < 4.78 is 1.88. The highest BCUT2D eigenvalue weighted by Gasteiger charge is 2.05. The molecule has 2 aromatic heterocycles. The molecular weight excluding hydrogens is 188 g/mol. The second-order valence-electron chi connectivity index (χ2n) is 3.65. The van der Waals surface area contributed by atoms with Crippen LogP contribution in [0.3, 0.4) is 0 Å². The first kappa shape index (κ1) is 9.71. The summed E-state index contributed by atoms with van der Waals surface area (Å²) in [5, 5.41) is 4.29. The first-order valence-electron chi connectivity index (χ1n) is 4.84. The van der Waals surface area contributed by atoms with Crippen LogP contribution >= 0.6 is 0 Å². The molecule has 0 fully saturated rings. The van der Waals surface area contributed by atoms with Gasteiger partial charge in [0.05, 0.1) is 5.69 Å². The van der Waals surface area contributed by atoms with Gasteiger partial charge in [-0.15, -0.1) is 0 Å². The zero-order valence-corrected chi connectivity index (χ0v) is 8.94. The Morgan fingerprint density at radius 1 is 1.47 bits per heavy atom. The monoisotopic (exact) mass is 202 g/mol. The van der Waals surface area contributed by atoms with Crippen molar-refractivity contribution in [3.63, 3.8) is 0 Å². The number of anilines is 1. The lowest BCUT2D eigenvalue weighted by molar-refractivity contribution is 0.716. The molecule has 2 aromatic rings. The van der Waals surface area contributed by atoms with Crippen molar-refractivity contribution in [3.05, 3.63) is 41.5 Å². The van der Waals surface area contributed by atoms with Gasteiger partial charge >= 0.3 is 0 Å². The molecule has 0 radical (unpaired) electrons. The van der Waals surface area contributed by atoms with Crippen LogP contribution < -0.4 is 5.73 Å². The SMILES string of the molecule is Cc1cc(Cc2cnccc2N)n(C)n1. The van der Waals surface area contributed by atoms with E-state index in [1.54, 1.807) is 12.4 Å². The molecule has 78 valence electrons. The molecule has 0 spiro atoms. The van der Waals surface area contributed by atoms with Gasteiger partial charge in [-0.3, -0.25) is 9.67 Å². The Bertz CT molecular complexity index is 473. The molecule has 0 aliphatic rings. The van der Waals surface area contributed by atoms with E-state index in [0.717, 1.165) is 29.1 Å². The van der Waals surface area contributed by atoms with Crippen molar-refractivity contribution in [3.8, 4) is 0 Å². The predicted octanol–water partition coefficient (Wildman–Crippen LogP) is 1.30. The van der Waals surface area contributed by atoms with Crippen molar-refractivity contribution in [2.75, 3.05) is 5.73 Å². The van der Waals surface area contributed by atoms with Crippen LogP contribution in [-0.4, -0.2) is 14.8 Å². The lowest BCUT2D eigenvalue weighted by Gasteiger charge is -2.04. The van der Waals surface area contributed by atoms with Crippen molar-refractivity contribution in [1.82, 2.24) is 14.8 Å². The topological polar surface area (TPSA) is 56.7 Å². The molecule has 15 heavy (non-hydrogen) atoms. The van der Waals surface area contributed by atoms with Gasteiger partial charge in [0.2, 0.25) is 0 Å². The Hall–Kier alpha value is -1.84. The van der Waals surface area contributed by atoms with Crippen LogP contribution in [-0.2, 0) is 13.5 Å². The van der Waals surface area contributed by atoms with E-state index in [4.69, 9.17) is 5.73 Å². The van der Waals surface area contributed by atoms with E-state index in [2.05, 4.69) is 16.1 Å².